The number of rotatable bonds is 7. The summed E-state index contributed by atoms with van der Waals surface area (Å²) in [6, 6.07) is 5.83. The fourth-order valence-electron chi connectivity index (χ4n) is 2.38. The van der Waals surface area contributed by atoms with Gasteiger partial charge >= 0.3 is 0 Å². The van der Waals surface area contributed by atoms with Crippen LogP contribution < -0.4 is 5.32 Å². The molecule has 0 aliphatic carbocycles. The van der Waals surface area contributed by atoms with Gasteiger partial charge < -0.3 is 10.2 Å². The predicted molar refractivity (Wildman–Crippen MR) is 94.8 cm³/mol. The van der Waals surface area contributed by atoms with Crippen LogP contribution in [0.3, 0.4) is 0 Å². The number of benzene rings is 1. The van der Waals surface area contributed by atoms with Crippen molar-refractivity contribution >= 4 is 38.5 Å². The lowest BCUT2D eigenvalue weighted by atomic mass is 10.1. The highest BCUT2D eigenvalue weighted by Gasteiger charge is 2.13. The Kier molecular flexibility index (Phi) is 6.10. The summed E-state index contributed by atoms with van der Waals surface area (Å²) >= 11 is 1.43. The number of anilines is 1. The SMILES string of the molecule is CCCCN(CC)C(=O)Cc1ccc2nc(NC(C)=O)sc2c1. The third-order valence-corrected chi connectivity index (χ3v) is 4.54. The molecule has 0 radical (unpaired) electrons. The zero-order valence-electron chi connectivity index (χ0n) is 13.9. The number of aromatic nitrogens is 1. The average Bonchev–Trinajstić information content (AvgIpc) is 2.88. The smallest absolute Gasteiger partial charge is 0.226 e. The monoisotopic (exact) mass is 333 g/mol. The van der Waals surface area contributed by atoms with E-state index in [2.05, 4.69) is 17.2 Å². The molecule has 0 aliphatic heterocycles. The number of unbranched alkanes of at least 4 members (excludes halogenated alkanes) is 1. The van der Waals surface area contributed by atoms with E-state index in [1.54, 1.807) is 0 Å². The first kappa shape index (κ1) is 17.4. The van der Waals surface area contributed by atoms with Crippen LogP contribution in [0.5, 0.6) is 0 Å². The van der Waals surface area contributed by atoms with Gasteiger partial charge in [0.05, 0.1) is 16.6 Å². The van der Waals surface area contributed by atoms with Crippen LogP contribution in [-0.4, -0.2) is 34.8 Å². The number of hydrogen-bond donors (Lipinski definition) is 1. The number of carbonyl (C=O) groups is 2. The molecular weight excluding hydrogens is 310 g/mol. The predicted octanol–water partition coefficient (Wildman–Crippen LogP) is 3.45. The van der Waals surface area contributed by atoms with Gasteiger partial charge in [-0.2, -0.15) is 0 Å². The third-order valence-electron chi connectivity index (χ3n) is 3.61. The number of thiazole rings is 1. The molecule has 1 aromatic heterocycles. The lowest BCUT2D eigenvalue weighted by Gasteiger charge is -2.20. The van der Waals surface area contributed by atoms with E-state index in [1.807, 2.05) is 30.0 Å². The van der Waals surface area contributed by atoms with Gasteiger partial charge in [-0.1, -0.05) is 30.7 Å². The molecule has 5 nitrogen and oxygen atoms in total. The van der Waals surface area contributed by atoms with Gasteiger partial charge in [-0.15, -0.1) is 0 Å². The number of fused-ring (bicyclic) bond motifs is 1. The van der Waals surface area contributed by atoms with Crippen molar-refractivity contribution in [3.8, 4) is 0 Å². The Morgan fingerprint density at radius 1 is 1.30 bits per heavy atom. The molecule has 0 aliphatic rings. The second kappa shape index (κ2) is 8.06. The molecule has 0 saturated carbocycles. The van der Waals surface area contributed by atoms with Crippen molar-refractivity contribution in [2.24, 2.45) is 0 Å². The molecule has 1 N–H and O–H groups in total. The molecule has 1 heterocycles. The molecule has 1 aromatic carbocycles. The van der Waals surface area contributed by atoms with Crippen molar-refractivity contribution in [2.75, 3.05) is 18.4 Å². The molecule has 0 spiro atoms. The lowest BCUT2D eigenvalue weighted by Crippen LogP contribution is -2.32. The molecule has 0 saturated heterocycles. The Hall–Kier alpha value is -1.95. The summed E-state index contributed by atoms with van der Waals surface area (Å²) in [5.74, 6) is 0.0286. The molecule has 0 fully saturated rings. The van der Waals surface area contributed by atoms with E-state index < -0.39 is 0 Å². The van der Waals surface area contributed by atoms with Gasteiger partial charge in [-0.3, -0.25) is 9.59 Å². The number of carbonyl (C=O) groups excluding carboxylic acids is 2. The van der Waals surface area contributed by atoms with Gasteiger partial charge in [0.15, 0.2) is 5.13 Å². The maximum absolute atomic E-state index is 12.4. The largest absolute Gasteiger partial charge is 0.343 e. The summed E-state index contributed by atoms with van der Waals surface area (Å²) in [4.78, 5) is 29.8. The minimum absolute atomic E-state index is 0.131. The Morgan fingerprint density at radius 3 is 2.74 bits per heavy atom. The molecule has 23 heavy (non-hydrogen) atoms. The summed E-state index contributed by atoms with van der Waals surface area (Å²) in [5.41, 5.74) is 1.82. The second-order valence-electron chi connectivity index (χ2n) is 5.51. The number of nitrogens with one attached hydrogen (secondary N) is 1. The average molecular weight is 333 g/mol. The summed E-state index contributed by atoms with van der Waals surface area (Å²) < 4.78 is 0.982. The minimum atomic E-state index is -0.131. The topological polar surface area (TPSA) is 62.3 Å². The molecule has 2 aromatic rings. The zero-order valence-corrected chi connectivity index (χ0v) is 14.7. The molecule has 0 atom stereocenters. The Labute approximate surface area is 140 Å². The van der Waals surface area contributed by atoms with Crippen molar-refractivity contribution in [2.45, 2.75) is 40.0 Å². The normalized spacial score (nSPS) is 10.7. The lowest BCUT2D eigenvalue weighted by molar-refractivity contribution is -0.130. The summed E-state index contributed by atoms with van der Waals surface area (Å²) in [6.45, 7) is 7.17. The number of amides is 2. The first-order chi connectivity index (χ1) is 11.0. The Bertz CT molecular complexity index is 696. The van der Waals surface area contributed by atoms with E-state index in [1.165, 1.54) is 18.3 Å². The number of nitrogens with zero attached hydrogens (tertiary/aromatic N) is 2. The van der Waals surface area contributed by atoms with Gasteiger partial charge in [0.25, 0.3) is 0 Å². The van der Waals surface area contributed by atoms with Crippen LogP contribution in [-0.2, 0) is 16.0 Å². The Balaban J connectivity index is 2.10. The van der Waals surface area contributed by atoms with Crippen molar-refractivity contribution < 1.29 is 9.59 Å². The first-order valence-corrected chi connectivity index (χ1v) is 8.80. The van der Waals surface area contributed by atoms with Crippen LogP contribution in [0.15, 0.2) is 18.2 Å². The van der Waals surface area contributed by atoms with Crippen molar-refractivity contribution in [1.29, 1.82) is 0 Å². The third kappa shape index (κ3) is 4.76. The van der Waals surface area contributed by atoms with Crippen molar-refractivity contribution in [1.82, 2.24) is 9.88 Å². The van der Waals surface area contributed by atoms with Gasteiger partial charge in [-0.05, 0) is 31.0 Å². The van der Waals surface area contributed by atoms with Crippen LogP contribution in [0.2, 0.25) is 0 Å². The fourth-order valence-corrected chi connectivity index (χ4v) is 3.35. The maximum Gasteiger partial charge on any atom is 0.226 e. The van der Waals surface area contributed by atoms with E-state index in [0.717, 1.165) is 41.7 Å². The van der Waals surface area contributed by atoms with Gasteiger partial charge in [0, 0.05) is 20.0 Å². The fraction of sp³-hybridized carbons (Fsp3) is 0.471. The molecule has 2 amide bonds. The highest BCUT2D eigenvalue weighted by Crippen LogP contribution is 2.27. The quantitative estimate of drug-likeness (QED) is 0.844. The van der Waals surface area contributed by atoms with E-state index in [4.69, 9.17) is 0 Å². The van der Waals surface area contributed by atoms with Crippen molar-refractivity contribution in [3.05, 3.63) is 23.8 Å². The van der Waals surface area contributed by atoms with Gasteiger partial charge in [0.1, 0.15) is 0 Å². The van der Waals surface area contributed by atoms with Gasteiger partial charge in [0.2, 0.25) is 11.8 Å². The summed E-state index contributed by atoms with van der Waals surface area (Å²) in [6.07, 6.45) is 2.52. The highest BCUT2D eigenvalue weighted by molar-refractivity contribution is 7.22. The van der Waals surface area contributed by atoms with Crippen molar-refractivity contribution in [3.63, 3.8) is 0 Å². The second-order valence-corrected chi connectivity index (χ2v) is 6.54. The van der Waals surface area contributed by atoms with E-state index in [9.17, 15) is 9.59 Å². The van der Waals surface area contributed by atoms with Crippen LogP contribution in [0.4, 0.5) is 5.13 Å². The minimum Gasteiger partial charge on any atom is -0.343 e. The number of likely N-dealkylation sites (N-methyl/N-ethyl adjacent to an activating group) is 1. The van der Waals surface area contributed by atoms with E-state index >= 15 is 0 Å². The van der Waals surface area contributed by atoms with E-state index in [-0.39, 0.29) is 11.8 Å². The van der Waals surface area contributed by atoms with E-state index in [0.29, 0.717) is 11.6 Å². The van der Waals surface area contributed by atoms with Crippen LogP contribution >= 0.6 is 11.3 Å². The number of hydrogen-bond acceptors (Lipinski definition) is 4. The maximum atomic E-state index is 12.4. The van der Waals surface area contributed by atoms with Crippen LogP contribution in [0, 0.1) is 0 Å². The first-order valence-electron chi connectivity index (χ1n) is 7.98. The molecular formula is C17H23N3O2S. The molecule has 6 heteroatoms. The van der Waals surface area contributed by atoms with Crippen LogP contribution in [0.25, 0.3) is 10.2 Å². The highest BCUT2D eigenvalue weighted by atomic mass is 32.1. The summed E-state index contributed by atoms with van der Waals surface area (Å²) in [5, 5.41) is 3.29. The molecule has 124 valence electrons. The Morgan fingerprint density at radius 2 is 2.09 bits per heavy atom. The molecule has 0 unspecified atom stereocenters. The molecule has 2 rings (SSSR count). The summed E-state index contributed by atoms with van der Waals surface area (Å²) in [7, 11) is 0. The molecule has 0 bridgehead atoms. The van der Waals surface area contributed by atoms with Gasteiger partial charge in [-0.25, -0.2) is 4.98 Å². The van der Waals surface area contributed by atoms with Crippen LogP contribution in [0.1, 0.15) is 39.2 Å². The standard InChI is InChI=1S/C17H23N3O2S/c1-4-6-9-20(5-2)16(22)11-13-7-8-14-15(10-13)23-17(19-14)18-12(3)21/h7-8,10H,4-6,9,11H2,1-3H3,(H,18,19,21). The zero-order chi connectivity index (χ0) is 16.8.